The maximum absolute atomic E-state index is 11.3. The molecule has 2 aromatic rings. The number of benzene rings is 1. The van der Waals surface area contributed by atoms with Gasteiger partial charge in [0, 0.05) is 17.7 Å². The molecular weight excluding hydrogens is 362 g/mol. The molecule has 0 unspecified atom stereocenters. The summed E-state index contributed by atoms with van der Waals surface area (Å²) in [5.74, 6) is 2.21. The quantitative estimate of drug-likeness (QED) is 0.677. The highest BCUT2D eigenvalue weighted by atomic mass is 16.6. The molecule has 1 aromatic carbocycles. The van der Waals surface area contributed by atoms with Gasteiger partial charge < -0.3 is 26.3 Å². The van der Waals surface area contributed by atoms with Gasteiger partial charge in [-0.15, -0.1) is 0 Å². The Morgan fingerprint density at radius 3 is 2.64 bits per heavy atom. The monoisotopic (exact) mass is 385 g/mol. The molecule has 1 fully saturated rings. The molecule has 1 aromatic heterocycles. The van der Waals surface area contributed by atoms with Crippen LogP contribution < -0.4 is 26.3 Å². The van der Waals surface area contributed by atoms with Crippen LogP contribution in [-0.2, 0) is 11.3 Å². The average molecular weight is 385 g/mol. The van der Waals surface area contributed by atoms with Crippen LogP contribution in [0.4, 0.5) is 17.6 Å². The van der Waals surface area contributed by atoms with Gasteiger partial charge in [-0.05, 0) is 38.1 Å². The molecule has 0 aliphatic carbocycles. The summed E-state index contributed by atoms with van der Waals surface area (Å²) in [4.78, 5) is 26.3. The molecule has 4 rings (SSSR count). The van der Waals surface area contributed by atoms with Crippen molar-refractivity contribution in [3.8, 4) is 11.5 Å². The molecular formula is C18H23N7O3. The number of anilines is 3. The van der Waals surface area contributed by atoms with E-state index in [4.69, 9.17) is 20.9 Å². The number of carbonyl (C=O) groups excluding carboxylic acids is 1. The number of rotatable bonds is 5. The summed E-state index contributed by atoms with van der Waals surface area (Å²) < 4.78 is 11.1. The lowest BCUT2D eigenvalue weighted by molar-refractivity contribution is -0.123. The topological polar surface area (TPSA) is 142 Å². The van der Waals surface area contributed by atoms with E-state index in [1.54, 1.807) is 0 Å². The van der Waals surface area contributed by atoms with Gasteiger partial charge in [-0.1, -0.05) is 0 Å². The molecule has 0 atom stereocenters. The van der Waals surface area contributed by atoms with E-state index in [9.17, 15) is 4.79 Å². The van der Waals surface area contributed by atoms with Crippen molar-refractivity contribution >= 4 is 23.5 Å². The van der Waals surface area contributed by atoms with Crippen molar-refractivity contribution in [1.29, 1.82) is 0 Å². The second-order valence-electron chi connectivity index (χ2n) is 6.87. The zero-order valence-corrected chi connectivity index (χ0v) is 15.4. The molecule has 1 saturated heterocycles. The first kappa shape index (κ1) is 18.2. The second-order valence-corrected chi connectivity index (χ2v) is 6.87. The summed E-state index contributed by atoms with van der Waals surface area (Å²) in [6.45, 7) is 3.14. The summed E-state index contributed by atoms with van der Waals surface area (Å²) in [6, 6.07) is 5.54. The molecule has 3 heterocycles. The molecule has 0 saturated carbocycles. The number of nitrogen functional groups attached to an aromatic ring is 1. The first-order chi connectivity index (χ1) is 13.6. The lowest BCUT2D eigenvalue weighted by Crippen LogP contribution is -2.38. The van der Waals surface area contributed by atoms with Gasteiger partial charge in [0.15, 0.2) is 11.5 Å². The van der Waals surface area contributed by atoms with Gasteiger partial charge in [0.1, 0.15) is 19.0 Å². The lowest BCUT2D eigenvalue weighted by atomic mass is 9.96. The van der Waals surface area contributed by atoms with Gasteiger partial charge >= 0.3 is 0 Å². The van der Waals surface area contributed by atoms with Crippen molar-refractivity contribution in [2.75, 3.05) is 37.4 Å². The minimum absolute atomic E-state index is 0.0490. The van der Waals surface area contributed by atoms with Crippen molar-refractivity contribution in [1.82, 2.24) is 19.9 Å². The van der Waals surface area contributed by atoms with Crippen LogP contribution in [0.2, 0.25) is 0 Å². The van der Waals surface area contributed by atoms with E-state index in [-0.39, 0.29) is 17.8 Å². The van der Waals surface area contributed by atoms with E-state index < -0.39 is 0 Å². The zero-order valence-electron chi connectivity index (χ0n) is 15.4. The SMILES string of the molecule is NC(=O)C1CCN(Cc2nc(N)nc(Nc3ccc4c(c3)OCCO4)n2)CC1. The Balaban J connectivity index is 1.43. The van der Waals surface area contributed by atoms with E-state index in [0.29, 0.717) is 43.0 Å². The number of primary amides is 1. The normalized spacial score (nSPS) is 17.3. The van der Waals surface area contributed by atoms with Crippen LogP contribution in [0, 0.1) is 5.92 Å². The molecule has 10 nitrogen and oxygen atoms in total. The van der Waals surface area contributed by atoms with E-state index in [2.05, 4.69) is 25.2 Å². The van der Waals surface area contributed by atoms with Gasteiger partial charge in [-0.25, -0.2) is 0 Å². The number of aromatic nitrogens is 3. The number of nitrogens with zero attached hydrogens (tertiary/aromatic N) is 4. The van der Waals surface area contributed by atoms with Gasteiger partial charge in [-0.2, -0.15) is 15.0 Å². The first-order valence-corrected chi connectivity index (χ1v) is 9.25. The highest BCUT2D eigenvalue weighted by Gasteiger charge is 2.23. The van der Waals surface area contributed by atoms with Gasteiger partial charge in [0.05, 0.1) is 6.54 Å². The number of carbonyl (C=O) groups is 1. The number of likely N-dealkylation sites (tertiary alicyclic amines) is 1. The van der Waals surface area contributed by atoms with Crippen LogP contribution in [0.3, 0.4) is 0 Å². The molecule has 10 heteroatoms. The van der Waals surface area contributed by atoms with Crippen molar-refractivity contribution < 1.29 is 14.3 Å². The maximum atomic E-state index is 11.3. The minimum atomic E-state index is -0.227. The summed E-state index contributed by atoms with van der Waals surface area (Å²) >= 11 is 0. The Morgan fingerprint density at radius 2 is 1.89 bits per heavy atom. The Hall–Kier alpha value is -3.14. The molecule has 0 bridgehead atoms. The molecule has 0 radical (unpaired) electrons. The fourth-order valence-corrected chi connectivity index (χ4v) is 3.39. The lowest BCUT2D eigenvalue weighted by Gasteiger charge is -2.29. The Kier molecular flexibility index (Phi) is 5.11. The number of nitrogens with one attached hydrogen (secondary N) is 1. The summed E-state index contributed by atoms with van der Waals surface area (Å²) in [6.07, 6.45) is 1.50. The van der Waals surface area contributed by atoms with Crippen LogP contribution >= 0.6 is 0 Å². The minimum Gasteiger partial charge on any atom is -0.486 e. The van der Waals surface area contributed by atoms with Crippen LogP contribution in [0.25, 0.3) is 0 Å². The molecule has 2 aliphatic heterocycles. The van der Waals surface area contributed by atoms with E-state index in [0.717, 1.165) is 31.6 Å². The summed E-state index contributed by atoms with van der Waals surface area (Å²) in [5.41, 5.74) is 12.0. The number of nitrogens with two attached hydrogens (primary N) is 2. The van der Waals surface area contributed by atoms with Gasteiger partial charge in [-0.3, -0.25) is 9.69 Å². The van der Waals surface area contributed by atoms with E-state index in [1.165, 1.54) is 0 Å². The number of ether oxygens (including phenoxy) is 2. The van der Waals surface area contributed by atoms with Crippen molar-refractivity contribution in [2.45, 2.75) is 19.4 Å². The fourth-order valence-electron chi connectivity index (χ4n) is 3.39. The van der Waals surface area contributed by atoms with Crippen LogP contribution in [0.15, 0.2) is 18.2 Å². The maximum Gasteiger partial charge on any atom is 0.232 e. The van der Waals surface area contributed by atoms with Crippen LogP contribution in [0.5, 0.6) is 11.5 Å². The zero-order chi connectivity index (χ0) is 19.5. The van der Waals surface area contributed by atoms with E-state index in [1.807, 2.05) is 18.2 Å². The fraction of sp³-hybridized carbons (Fsp3) is 0.444. The Labute approximate surface area is 162 Å². The number of hydrogen-bond acceptors (Lipinski definition) is 9. The number of fused-ring (bicyclic) bond motifs is 1. The summed E-state index contributed by atoms with van der Waals surface area (Å²) in [5, 5.41) is 3.14. The van der Waals surface area contributed by atoms with Crippen LogP contribution in [-0.4, -0.2) is 52.1 Å². The van der Waals surface area contributed by atoms with E-state index >= 15 is 0 Å². The third-order valence-electron chi connectivity index (χ3n) is 4.85. The highest BCUT2D eigenvalue weighted by molar-refractivity contribution is 5.76. The molecule has 1 amide bonds. The number of piperidine rings is 1. The van der Waals surface area contributed by atoms with Crippen LogP contribution in [0.1, 0.15) is 18.7 Å². The predicted molar refractivity (Wildman–Crippen MR) is 102 cm³/mol. The largest absolute Gasteiger partial charge is 0.486 e. The Bertz CT molecular complexity index is 868. The van der Waals surface area contributed by atoms with Gasteiger partial charge in [0.25, 0.3) is 0 Å². The molecule has 5 N–H and O–H groups in total. The average Bonchev–Trinajstić information content (AvgIpc) is 2.68. The molecule has 148 valence electrons. The number of amides is 1. The molecule has 28 heavy (non-hydrogen) atoms. The smallest absolute Gasteiger partial charge is 0.232 e. The van der Waals surface area contributed by atoms with Gasteiger partial charge in [0.2, 0.25) is 17.8 Å². The van der Waals surface area contributed by atoms with Crippen molar-refractivity contribution in [2.24, 2.45) is 11.7 Å². The second kappa shape index (κ2) is 7.85. The first-order valence-electron chi connectivity index (χ1n) is 9.25. The Morgan fingerprint density at radius 1 is 1.14 bits per heavy atom. The standard InChI is InChI=1S/C18H23N7O3/c19-16(26)11-3-5-25(6-4-11)10-15-22-17(20)24-18(23-15)21-12-1-2-13-14(9-12)28-8-7-27-13/h1-2,9,11H,3-8,10H2,(H2,19,26)(H3,20,21,22,23,24). The molecule has 0 spiro atoms. The van der Waals surface area contributed by atoms with Crippen molar-refractivity contribution in [3.05, 3.63) is 24.0 Å². The number of hydrogen-bond donors (Lipinski definition) is 3. The summed E-state index contributed by atoms with van der Waals surface area (Å²) in [7, 11) is 0. The van der Waals surface area contributed by atoms with Crippen molar-refractivity contribution in [3.63, 3.8) is 0 Å². The highest BCUT2D eigenvalue weighted by Crippen LogP contribution is 2.33. The molecule has 2 aliphatic rings. The predicted octanol–water partition coefficient (Wildman–Crippen LogP) is 0.666. The third-order valence-corrected chi connectivity index (χ3v) is 4.85. The third kappa shape index (κ3) is 4.22.